The number of halogens is 1. The van der Waals surface area contributed by atoms with E-state index in [1.165, 1.54) is 15.6 Å². The lowest BCUT2D eigenvalue weighted by Gasteiger charge is -2.11. The van der Waals surface area contributed by atoms with Crippen molar-refractivity contribution in [1.82, 2.24) is 14.3 Å². The molecule has 0 bridgehead atoms. The number of benzene rings is 1. The lowest BCUT2D eigenvalue weighted by molar-refractivity contribution is -0.117. The highest BCUT2D eigenvalue weighted by atomic mass is 35.5. The fourth-order valence-corrected chi connectivity index (χ4v) is 1.92. The lowest BCUT2D eigenvalue weighted by Crippen LogP contribution is -2.35. The molecule has 2 rings (SSSR count). The van der Waals surface area contributed by atoms with E-state index in [9.17, 15) is 9.59 Å². The van der Waals surface area contributed by atoms with Gasteiger partial charge in [0.1, 0.15) is 6.33 Å². The van der Waals surface area contributed by atoms with Crippen molar-refractivity contribution in [2.24, 2.45) is 12.8 Å². The summed E-state index contributed by atoms with van der Waals surface area (Å²) in [5.41, 5.74) is 6.80. The Kier molecular flexibility index (Phi) is 6.33. The van der Waals surface area contributed by atoms with E-state index in [1.807, 2.05) is 6.92 Å². The molecule has 0 spiro atoms. The molecule has 1 unspecified atom stereocenters. The second-order valence-electron chi connectivity index (χ2n) is 4.87. The molecule has 1 amide bonds. The van der Waals surface area contributed by atoms with Crippen molar-refractivity contribution in [3.05, 3.63) is 41.1 Å². The highest BCUT2D eigenvalue weighted by Crippen LogP contribution is 2.12. The molecule has 1 atom stereocenters. The van der Waals surface area contributed by atoms with Crippen molar-refractivity contribution in [3.63, 3.8) is 0 Å². The van der Waals surface area contributed by atoms with Crippen LogP contribution in [0.1, 0.15) is 19.8 Å². The van der Waals surface area contributed by atoms with Gasteiger partial charge in [0.2, 0.25) is 5.91 Å². The Labute approximate surface area is 134 Å². The van der Waals surface area contributed by atoms with Gasteiger partial charge in [0.15, 0.2) is 0 Å². The third-order valence-electron chi connectivity index (χ3n) is 3.14. The van der Waals surface area contributed by atoms with Gasteiger partial charge in [0.25, 0.3) is 0 Å². The molecule has 1 heterocycles. The molecule has 1 aromatic heterocycles. The Morgan fingerprint density at radius 3 is 2.50 bits per heavy atom. The van der Waals surface area contributed by atoms with Crippen molar-refractivity contribution in [3.8, 4) is 5.69 Å². The average Bonchev–Trinajstić information content (AvgIpc) is 2.80. The summed E-state index contributed by atoms with van der Waals surface area (Å²) in [6, 6.07) is 6.36. The minimum absolute atomic E-state index is 0. The predicted octanol–water partition coefficient (Wildman–Crippen LogP) is 1.06. The number of carbonyl (C=O) groups is 1. The number of aryl methyl sites for hydroxylation is 1. The second kappa shape index (κ2) is 7.77. The lowest BCUT2D eigenvalue weighted by atomic mass is 10.1. The molecular formula is C14H20ClN5O2. The smallest absolute Gasteiger partial charge is 0.325 e. The van der Waals surface area contributed by atoms with E-state index in [2.05, 4.69) is 10.4 Å². The van der Waals surface area contributed by atoms with E-state index >= 15 is 0 Å². The fourth-order valence-electron chi connectivity index (χ4n) is 1.92. The zero-order chi connectivity index (χ0) is 15.4. The van der Waals surface area contributed by atoms with Crippen molar-refractivity contribution in [2.75, 3.05) is 5.32 Å². The van der Waals surface area contributed by atoms with Crippen molar-refractivity contribution in [1.29, 1.82) is 0 Å². The van der Waals surface area contributed by atoms with Gasteiger partial charge in [-0.15, -0.1) is 12.4 Å². The fraction of sp³-hybridized carbons (Fsp3) is 0.357. The van der Waals surface area contributed by atoms with Crippen LogP contribution in [-0.4, -0.2) is 26.3 Å². The summed E-state index contributed by atoms with van der Waals surface area (Å²) >= 11 is 0. The van der Waals surface area contributed by atoms with Gasteiger partial charge in [-0.2, -0.15) is 9.78 Å². The molecule has 120 valence electrons. The number of aromatic nitrogens is 3. The molecule has 0 radical (unpaired) electrons. The number of anilines is 1. The summed E-state index contributed by atoms with van der Waals surface area (Å²) in [6.45, 7) is 1.98. The first-order valence-electron chi connectivity index (χ1n) is 6.80. The SMILES string of the molecule is CCCC(N)C(=O)Nc1ccc(-n2ncn(C)c2=O)cc1.Cl. The zero-order valence-corrected chi connectivity index (χ0v) is 13.3. The molecule has 3 N–H and O–H groups in total. The highest BCUT2D eigenvalue weighted by molar-refractivity contribution is 5.94. The van der Waals surface area contributed by atoms with Gasteiger partial charge in [0.05, 0.1) is 11.7 Å². The molecule has 0 aliphatic rings. The number of rotatable bonds is 5. The number of nitrogens with one attached hydrogen (secondary N) is 1. The Balaban J connectivity index is 0.00000242. The molecule has 22 heavy (non-hydrogen) atoms. The normalized spacial score (nSPS) is 11.6. The Bertz CT molecular complexity index is 677. The van der Waals surface area contributed by atoms with E-state index in [-0.39, 0.29) is 24.0 Å². The Hall–Kier alpha value is -2.12. The summed E-state index contributed by atoms with van der Waals surface area (Å²) in [5, 5.41) is 6.74. The van der Waals surface area contributed by atoms with Crippen LogP contribution in [0.4, 0.5) is 5.69 Å². The average molecular weight is 326 g/mol. The third-order valence-corrected chi connectivity index (χ3v) is 3.14. The number of hydrogen-bond donors (Lipinski definition) is 2. The van der Waals surface area contributed by atoms with Crippen LogP contribution in [0.2, 0.25) is 0 Å². The maximum Gasteiger partial charge on any atom is 0.350 e. The molecule has 0 aliphatic heterocycles. The molecule has 1 aromatic carbocycles. The number of nitrogens with two attached hydrogens (primary N) is 1. The summed E-state index contributed by atoms with van der Waals surface area (Å²) in [5.74, 6) is -0.209. The highest BCUT2D eigenvalue weighted by Gasteiger charge is 2.12. The molecule has 0 saturated carbocycles. The summed E-state index contributed by atoms with van der Waals surface area (Å²) in [6.07, 6.45) is 2.95. The number of carbonyl (C=O) groups excluding carboxylic acids is 1. The molecule has 0 saturated heterocycles. The predicted molar refractivity (Wildman–Crippen MR) is 87.6 cm³/mol. The van der Waals surface area contributed by atoms with E-state index in [1.54, 1.807) is 31.3 Å². The number of nitrogens with zero attached hydrogens (tertiary/aromatic N) is 3. The zero-order valence-electron chi connectivity index (χ0n) is 12.5. The van der Waals surface area contributed by atoms with Crippen molar-refractivity contribution in [2.45, 2.75) is 25.8 Å². The molecule has 0 fully saturated rings. The largest absolute Gasteiger partial charge is 0.350 e. The molecule has 7 nitrogen and oxygen atoms in total. The van der Waals surface area contributed by atoms with Crippen LogP contribution in [0.25, 0.3) is 5.69 Å². The van der Waals surface area contributed by atoms with E-state index < -0.39 is 6.04 Å². The Morgan fingerprint density at radius 1 is 1.36 bits per heavy atom. The van der Waals surface area contributed by atoms with Crippen LogP contribution in [-0.2, 0) is 11.8 Å². The van der Waals surface area contributed by atoms with Crippen LogP contribution >= 0.6 is 12.4 Å². The van der Waals surface area contributed by atoms with Gasteiger partial charge in [-0.1, -0.05) is 13.3 Å². The standard InChI is InChI=1S/C14H19N5O2.ClH/c1-3-4-12(15)13(20)17-10-5-7-11(8-6-10)19-14(21)18(2)9-16-19;/h5-9,12H,3-4,15H2,1-2H3,(H,17,20);1H. The summed E-state index contributed by atoms with van der Waals surface area (Å²) in [7, 11) is 1.63. The summed E-state index contributed by atoms with van der Waals surface area (Å²) < 4.78 is 2.67. The minimum Gasteiger partial charge on any atom is -0.325 e. The Morgan fingerprint density at radius 2 is 2.00 bits per heavy atom. The molecule has 0 aliphatic carbocycles. The van der Waals surface area contributed by atoms with Crippen LogP contribution < -0.4 is 16.7 Å². The van der Waals surface area contributed by atoms with Crippen LogP contribution in [0.3, 0.4) is 0 Å². The van der Waals surface area contributed by atoms with Gasteiger partial charge >= 0.3 is 5.69 Å². The minimum atomic E-state index is -0.506. The second-order valence-corrected chi connectivity index (χ2v) is 4.87. The van der Waals surface area contributed by atoms with Gasteiger partial charge in [-0.05, 0) is 30.7 Å². The van der Waals surface area contributed by atoms with E-state index in [0.717, 1.165) is 6.42 Å². The van der Waals surface area contributed by atoms with Crippen LogP contribution in [0.5, 0.6) is 0 Å². The van der Waals surface area contributed by atoms with E-state index in [0.29, 0.717) is 17.8 Å². The van der Waals surface area contributed by atoms with Gasteiger partial charge in [-0.3, -0.25) is 9.36 Å². The monoisotopic (exact) mass is 325 g/mol. The van der Waals surface area contributed by atoms with Crippen LogP contribution in [0.15, 0.2) is 35.4 Å². The first-order valence-corrected chi connectivity index (χ1v) is 6.80. The topological polar surface area (TPSA) is 94.9 Å². The van der Waals surface area contributed by atoms with Crippen molar-refractivity contribution >= 4 is 24.0 Å². The first-order chi connectivity index (χ1) is 10.0. The quantitative estimate of drug-likeness (QED) is 0.859. The first kappa shape index (κ1) is 17.9. The summed E-state index contributed by atoms with van der Waals surface area (Å²) in [4.78, 5) is 23.6. The molecule has 2 aromatic rings. The maximum absolute atomic E-state index is 11.8. The van der Waals surface area contributed by atoms with Gasteiger partial charge < -0.3 is 11.1 Å². The maximum atomic E-state index is 11.8. The molecular weight excluding hydrogens is 306 g/mol. The van der Waals surface area contributed by atoms with Crippen LogP contribution in [0, 0.1) is 0 Å². The number of hydrogen-bond acceptors (Lipinski definition) is 4. The van der Waals surface area contributed by atoms with Gasteiger partial charge in [0, 0.05) is 12.7 Å². The van der Waals surface area contributed by atoms with E-state index in [4.69, 9.17) is 5.73 Å². The van der Waals surface area contributed by atoms with Gasteiger partial charge in [-0.25, -0.2) is 4.79 Å². The molecule has 8 heteroatoms. The number of amides is 1. The van der Waals surface area contributed by atoms with Crippen molar-refractivity contribution < 1.29 is 4.79 Å². The third kappa shape index (κ3) is 3.96.